The van der Waals surface area contributed by atoms with Crippen molar-refractivity contribution in [3.8, 4) is 0 Å². The van der Waals surface area contributed by atoms with Gasteiger partial charge >= 0.3 is 0 Å². The molecule has 1 aliphatic rings. The Kier molecular flexibility index (Phi) is 6.54. The van der Waals surface area contributed by atoms with Crippen LogP contribution in [0.5, 0.6) is 0 Å². The van der Waals surface area contributed by atoms with Gasteiger partial charge in [0.2, 0.25) is 5.91 Å². The van der Waals surface area contributed by atoms with E-state index < -0.39 is 0 Å². The summed E-state index contributed by atoms with van der Waals surface area (Å²) >= 11 is 1.62. The van der Waals surface area contributed by atoms with Gasteiger partial charge in [0, 0.05) is 43.7 Å². The van der Waals surface area contributed by atoms with Crippen LogP contribution >= 0.6 is 11.3 Å². The van der Waals surface area contributed by atoms with Crippen molar-refractivity contribution in [2.45, 2.75) is 20.0 Å². The molecule has 1 fully saturated rings. The smallest absolute Gasteiger partial charge is 0.254 e. The van der Waals surface area contributed by atoms with E-state index >= 15 is 0 Å². The van der Waals surface area contributed by atoms with Crippen LogP contribution < -0.4 is 5.32 Å². The first-order valence-electron chi connectivity index (χ1n) is 8.88. The topological polar surface area (TPSA) is 74.8 Å². The number of benzene rings is 1. The summed E-state index contributed by atoms with van der Waals surface area (Å²) in [7, 11) is 1.76. The maximum Gasteiger partial charge on any atom is 0.254 e. The number of nitrogens with one attached hydrogen (secondary N) is 1. The molecule has 0 bridgehead atoms. The highest BCUT2D eigenvalue weighted by Gasteiger charge is 2.16. The maximum absolute atomic E-state index is 12.7. The molecule has 0 aliphatic carbocycles. The first kappa shape index (κ1) is 19.5. The Balaban J connectivity index is 1.59. The lowest BCUT2D eigenvalue weighted by Crippen LogP contribution is -2.35. The molecule has 0 saturated carbocycles. The summed E-state index contributed by atoms with van der Waals surface area (Å²) in [6.45, 7) is 6.11. The second kappa shape index (κ2) is 9.07. The molecule has 1 aromatic heterocycles. The number of hydrogen-bond donors (Lipinski definition) is 1. The summed E-state index contributed by atoms with van der Waals surface area (Å²) in [6, 6.07) is 6.95. The molecule has 2 heterocycles. The zero-order chi connectivity index (χ0) is 19.2. The lowest BCUT2D eigenvalue weighted by atomic mass is 10.1. The van der Waals surface area contributed by atoms with E-state index in [1.165, 1.54) is 6.92 Å². The highest BCUT2D eigenvalue weighted by molar-refractivity contribution is 7.09. The van der Waals surface area contributed by atoms with Crippen LogP contribution in [0.25, 0.3) is 0 Å². The van der Waals surface area contributed by atoms with E-state index in [0.717, 1.165) is 43.5 Å². The monoisotopic (exact) mass is 388 g/mol. The Labute approximate surface area is 162 Å². The summed E-state index contributed by atoms with van der Waals surface area (Å²) in [5, 5.41) is 5.76. The summed E-state index contributed by atoms with van der Waals surface area (Å²) in [6.07, 6.45) is 0. The Morgan fingerprint density at radius 2 is 2.11 bits per heavy atom. The third kappa shape index (κ3) is 5.59. The highest BCUT2D eigenvalue weighted by Crippen LogP contribution is 2.17. The molecule has 8 heteroatoms. The molecular weight excluding hydrogens is 364 g/mol. The first-order chi connectivity index (χ1) is 13.0. The van der Waals surface area contributed by atoms with Crippen LogP contribution in [-0.2, 0) is 22.6 Å². The van der Waals surface area contributed by atoms with E-state index in [1.807, 2.05) is 5.38 Å². The molecule has 0 radical (unpaired) electrons. The van der Waals surface area contributed by atoms with Gasteiger partial charge in [-0.05, 0) is 18.2 Å². The molecule has 1 N–H and O–H groups in total. The zero-order valence-corrected chi connectivity index (χ0v) is 16.4. The third-order valence-electron chi connectivity index (χ3n) is 4.24. The number of nitrogens with zero attached hydrogens (tertiary/aromatic N) is 3. The van der Waals surface area contributed by atoms with Crippen LogP contribution in [-0.4, -0.2) is 59.9 Å². The molecule has 1 aliphatic heterocycles. The fraction of sp³-hybridized carbons (Fsp3) is 0.421. The van der Waals surface area contributed by atoms with Crippen LogP contribution in [0.2, 0.25) is 0 Å². The van der Waals surface area contributed by atoms with Crippen LogP contribution in [0.4, 0.5) is 5.69 Å². The Hall–Kier alpha value is -2.29. The fourth-order valence-corrected chi connectivity index (χ4v) is 3.74. The highest BCUT2D eigenvalue weighted by atomic mass is 32.1. The molecular formula is C19H24N4O3S. The number of anilines is 1. The molecule has 1 saturated heterocycles. The third-order valence-corrected chi connectivity index (χ3v) is 5.12. The number of rotatable bonds is 6. The number of morpholine rings is 1. The minimum absolute atomic E-state index is 0.107. The number of thiazole rings is 1. The van der Waals surface area contributed by atoms with Crippen molar-refractivity contribution in [2.24, 2.45) is 0 Å². The van der Waals surface area contributed by atoms with Gasteiger partial charge in [-0.15, -0.1) is 11.3 Å². The largest absolute Gasteiger partial charge is 0.379 e. The van der Waals surface area contributed by atoms with E-state index in [9.17, 15) is 9.59 Å². The molecule has 2 amide bonds. The number of aromatic nitrogens is 1. The first-order valence-corrected chi connectivity index (χ1v) is 9.76. The predicted octanol–water partition coefficient (Wildman–Crippen LogP) is 2.21. The van der Waals surface area contributed by atoms with Crippen molar-refractivity contribution in [1.82, 2.24) is 14.8 Å². The summed E-state index contributed by atoms with van der Waals surface area (Å²) < 4.78 is 5.37. The maximum atomic E-state index is 12.7. The molecule has 7 nitrogen and oxygen atoms in total. The van der Waals surface area contributed by atoms with Crippen molar-refractivity contribution in [3.63, 3.8) is 0 Å². The fourth-order valence-electron chi connectivity index (χ4n) is 2.91. The van der Waals surface area contributed by atoms with Crippen LogP contribution in [0.3, 0.4) is 0 Å². The summed E-state index contributed by atoms with van der Waals surface area (Å²) in [4.78, 5) is 32.5. The number of carbonyl (C=O) groups is 2. The lowest BCUT2D eigenvalue weighted by Gasteiger charge is -2.25. The molecule has 3 rings (SSSR count). The Bertz CT molecular complexity index is 802. The van der Waals surface area contributed by atoms with E-state index in [-0.39, 0.29) is 11.8 Å². The quantitative estimate of drug-likeness (QED) is 0.821. The van der Waals surface area contributed by atoms with Crippen molar-refractivity contribution in [2.75, 3.05) is 38.7 Å². The van der Waals surface area contributed by atoms with Gasteiger partial charge in [-0.2, -0.15) is 0 Å². The summed E-state index contributed by atoms with van der Waals surface area (Å²) in [5.41, 5.74) is 2.04. The van der Waals surface area contributed by atoms with E-state index in [0.29, 0.717) is 17.8 Å². The molecule has 1 aromatic carbocycles. The normalized spacial score (nSPS) is 14.7. The minimum Gasteiger partial charge on any atom is -0.379 e. The molecule has 0 spiro atoms. The van der Waals surface area contributed by atoms with Gasteiger partial charge in [-0.3, -0.25) is 14.5 Å². The van der Waals surface area contributed by atoms with Crippen molar-refractivity contribution >= 4 is 28.8 Å². The second-order valence-electron chi connectivity index (χ2n) is 6.54. The molecule has 2 aromatic rings. The van der Waals surface area contributed by atoms with Crippen LogP contribution in [0.1, 0.15) is 28.0 Å². The molecule has 144 valence electrons. The average Bonchev–Trinajstić information content (AvgIpc) is 3.08. The zero-order valence-electron chi connectivity index (χ0n) is 15.6. The molecule has 27 heavy (non-hydrogen) atoms. The Morgan fingerprint density at radius 1 is 1.33 bits per heavy atom. The van der Waals surface area contributed by atoms with Crippen LogP contribution in [0.15, 0.2) is 29.6 Å². The van der Waals surface area contributed by atoms with Gasteiger partial charge in [0.1, 0.15) is 5.01 Å². The number of amides is 2. The van der Waals surface area contributed by atoms with Crippen LogP contribution in [0, 0.1) is 0 Å². The number of carbonyl (C=O) groups excluding carboxylic acids is 2. The second-order valence-corrected chi connectivity index (χ2v) is 7.49. The number of hydrogen-bond acceptors (Lipinski definition) is 6. The van der Waals surface area contributed by atoms with E-state index in [1.54, 1.807) is 47.5 Å². The van der Waals surface area contributed by atoms with E-state index in [2.05, 4.69) is 15.2 Å². The SMILES string of the molecule is CC(=O)Nc1cccc(C(=O)N(C)Cc2csc(CN3CCOCC3)n2)c1. The van der Waals surface area contributed by atoms with Crippen molar-refractivity contribution in [3.05, 3.63) is 45.9 Å². The van der Waals surface area contributed by atoms with E-state index in [4.69, 9.17) is 4.74 Å². The van der Waals surface area contributed by atoms with Gasteiger partial charge in [0.15, 0.2) is 0 Å². The molecule has 0 atom stereocenters. The van der Waals surface area contributed by atoms with Crippen molar-refractivity contribution in [1.29, 1.82) is 0 Å². The minimum atomic E-state index is -0.164. The standard InChI is InChI=1S/C19H24N4O3S/c1-14(24)20-16-5-3-4-15(10-16)19(25)22(2)11-17-13-27-18(21-17)12-23-6-8-26-9-7-23/h3-5,10,13H,6-9,11-12H2,1-2H3,(H,20,24). The van der Waals surface area contributed by atoms with Gasteiger partial charge in [0.25, 0.3) is 5.91 Å². The average molecular weight is 388 g/mol. The predicted molar refractivity (Wildman–Crippen MR) is 105 cm³/mol. The van der Waals surface area contributed by atoms with Crippen molar-refractivity contribution < 1.29 is 14.3 Å². The van der Waals surface area contributed by atoms with Gasteiger partial charge in [-0.1, -0.05) is 6.07 Å². The number of ether oxygens (including phenoxy) is 1. The Morgan fingerprint density at radius 3 is 2.85 bits per heavy atom. The molecule has 0 unspecified atom stereocenters. The van der Waals surface area contributed by atoms with Gasteiger partial charge < -0.3 is 15.0 Å². The lowest BCUT2D eigenvalue weighted by molar-refractivity contribution is -0.114. The van der Waals surface area contributed by atoms with Gasteiger partial charge in [0.05, 0.1) is 32.0 Å². The summed E-state index contributed by atoms with van der Waals surface area (Å²) in [5.74, 6) is -0.270. The van der Waals surface area contributed by atoms with Gasteiger partial charge in [-0.25, -0.2) is 4.98 Å².